The van der Waals surface area contributed by atoms with Crippen molar-refractivity contribution in [1.82, 2.24) is 4.90 Å². The van der Waals surface area contributed by atoms with E-state index in [9.17, 15) is 22.4 Å². The third kappa shape index (κ3) is 4.79. The van der Waals surface area contributed by atoms with Crippen molar-refractivity contribution in [1.29, 1.82) is 0 Å². The Hall–Kier alpha value is -1.67. The molecule has 9 heteroatoms. The van der Waals surface area contributed by atoms with Crippen molar-refractivity contribution in [3.63, 3.8) is 0 Å². The van der Waals surface area contributed by atoms with E-state index in [1.54, 1.807) is 4.90 Å². The van der Waals surface area contributed by atoms with Crippen LogP contribution in [0.25, 0.3) is 0 Å². The number of sulfone groups is 1. The lowest BCUT2D eigenvalue weighted by molar-refractivity contribution is -0.139. The highest BCUT2D eigenvalue weighted by molar-refractivity contribution is 7.91. The minimum Gasteiger partial charge on any atom is -0.452 e. The average molecular weight is 418 g/mol. The first-order valence-electron chi connectivity index (χ1n) is 8.90. The van der Waals surface area contributed by atoms with Crippen LogP contribution >= 0.6 is 11.6 Å². The second-order valence-electron chi connectivity index (χ2n) is 7.00. The van der Waals surface area contributed by atoms with Gasteiger partial charge in [0.2, 0.25) is 0 Å². The fourth-order valence-corrected chi connectivity index (χ4v) is 5.70. The third-order valence-corrected chi connectivity index (χ3v) is 7.07. The summed E-state index contributed by atoms with van der Waals surface area (Å²) in [6.45, 7) is -0.558. The van der Waals surface area contributed by atoms with Crippen LogP contribution in [0.1, 0.15) is 42.5 Å². The molecule has 0 radical (unpaired) electrons. The molecule has 2 fully saturated rings. The van der Waals surface area contributed by atoms with Crippen LogP contribution < -0.4 is 0 Å². The Morgan fingerprint density at radius 1 is 1.19 bits per heavy atom. The standard InChI is InChI=1S/C18H21ClFNO5S/c19-12-5-6-16(20)15(9-12)18(23)26-10-17(22)21(13-3-1-2-4-13)14-7-8-27(24,25)11-14/h5-6,9,13-14H,1-4,7-8,10-11H2. The fourth-order valence-electron chi connectivity index (χ4n) is 3.82. The van der Waals surface area contributed by atoms with E-state index < -0.39 is 40.2 Å². The van der Waals surface area contributed by atoms with Crippen molar-refractivity contribution in [2.24, 2.45) is 0 Å². The Morgan fingerprint density at radius 3 is 2.52 bits per heavy atom. The van der Waals surface area contributed by atoms with Crippen LogP contribution in [0.5, 0.6) is 0 Å². The van der Waals surface area contributed by atoms with Gasteiger partial charge in [-0.15, -0.1) is 0 Å². The average Bonchev–Trinajstić information content (AvgIpc) is 3.25. The molecule has 1 saturated heterocycles. The van der Waals surface area contributed by atoms with Crippen LogP contribution in [0, 0.1) is 5.82 Å². The molecule has 0 spiro atoms. The lowest BCUT2D eigenvalue weighted by Gasteiger charge is -2.33. The Labute approximate surface area is 162 Å². The van der Waals surface area contributed by atoms with Crippen molar-refractivity contribution in [3.05, 3.63) is 34.6 Å². The SMILES string of the molecule is O=C(OCC(=O)N(C1CCCC1)C1CCS(=O)(=O)C1)c1cc(Cl)ccc1F. The Balaban J connectivity index is 1.69. The van der Waals surface area contributed by atoms with Gasteiger partial charge in [-0.2, -0.15) is 0 Å². The monoisotopic (exact) mass is 417 g/mol. The van der Waals surface area contributed by atoms with Gasteiger partial charge in [0.05, 0.1) is 17.1 Å². The number of ether oxygens (including phenoxy) is 1. The second-order valence-corrected chi connectivity index (χ2v) is 9.66. The number of rotatable bonds is 5. The molecule has 1 aliphatic heterocycles. The van der Waals surface area contributed by atoms with Crippen molar-refractivity contribution in [2.75, 3.05) is 18.1 Å². The summed E-state index contributed by atoms with van der Waals surface area (Å²) in [4.78, 5) is 26.4. The minimum absolute atomic E-state index is 0.0441. The molecule has 27 heavy (non-hydrogen) atoms. The first-order valence-corrected chi connectivity index (χ1v) is 11.1. The molecule has 3 rings (SSSR count). The number of hydrogen-bond donors (Lipinski definition) is 0. The summed E-state index contributed by atoms with van der Waals surface area (Å²) in [5, 5.41) is 0.179. The molecule has 1 amide bonds. The summed E-state index contributed by atoms with van der Waals surface area (Å²) in [5.41, 5.74) is -0.342. The zero-order valence-electron chi connectivity index (χ0n) is 14.7. The summed E-state index contributed by atoms with van der Waals surface area (Å²) < 4.78 is 42.4. The Kier molecular flexibility index (Phi) is 6.05. The molecule has 0 bridgehead atoms. The van der Waals surface area contributed by atoms with Crippen LogP contribution in [0.15, 0.2) is 18.2 Å². The quantitative estimate of drug-likeness (QED) is 0.688. The van der Waals surface area contributed by atoms with Crippen LogP contribution in [-0.4, -0.2) is 55.4 Å². The van der Waals surface area contributed by atoms with Gasteiger partial charge in [0.1, 0.15) is 5.82 Å². The van der Waals surface area contributed by atoms with E-state index in [1.165, 1.54) is 6.07 Å². The van der Waals surface area contributed by atoms with Crippen molar-refractivity contribution < 1.29 is 27.1 Å². The molecule has 2 aliphatic rings. The lowest BCUT2D eigenvalue weighted by atomic mass is 10.1. The number of benzene rings is 1. The van der Waals surface area contributed by atoms with E-state index in [0.29, 0.717) is 6.42 Å². The molecule has 1 heterocycles. The van der Waals surface area contributed by atoms with E-state index in [1.807, 2.05) is 0 Å². The summed E-state index contributed by atoms with van der Waals surface area (Å²) in [6, 6.07) is 3.06. The van der Waals surface area contributed by atoms with Crippen LogP contribution in [0.3, 0.4) is 0 Å². The first-order chi connectivity index (χ1) is 12.8. The molecule has 1 unspecified atom stereocenters. The Morgan fingerprint density at radius 2 is 1.89 bits per heavy atom. The van der Waals surface area contributed by atoms with Crippen LogP contribution in [0.2, 0.25) is 5.02 Å². The maximum Gasteiger partial charge on any atom is 0.341 e. The van der Waals surface area contributed by atoms with Gasteiger partial charge in [0.15, 0.2) is 16.4 Å². The summed E-state index contributed by atoms with van der Waals surface area (Å²) in [5.74, 6) is -2.21. The van der Waals surface area contributed by atoms with Crippen LogP contribution in [0.4, 0.5) is 4.39 Å². The zero-order chi connectivity index (χ0) is 19.6. The molecule has 1 aromatic carbocycles. The fraction of sp³-hybridized carbons (Fsp3) is 0.556. The largest absolute Gasteiger partial charge is 0.452 e. The van der Waals surface area contributed by atoms with Crippen molar-refractivity contribution in [2.45, 2.75) is 44.2 Å². The first kappa shape index (κ1) is 20.1. The molecule has 1 atom stereocenters. The molecule has 1 saturated carbocycles. The van der Waals surface area contributed by atoms with Crippen molar-refractivity contribution >= 4 is 33.3 Å². The molecular weight excluding hydrogens is 397 g/mol. The number of hydrogen-bond acceptors (Lipinski definition) is 5. The zero-order valence-corrected chi connectivity index (χ0v) is 16.3. The molecule has 0 aromatic heterocycles. The highest BCUT2D eigenvalue weighted by Gasteiger charge is 2.39. The highest BCUT2D eigenvalue weighted by atomic mass is 35.5. The van der Waals surface area contributed by atoms with Gasteiger partial charge < -0.3 is 9.64 Å². The summed E-state index contributed by atoms with van der Waals surface area (Å²) in [6.07, 6.45) is 3.95. The van der Waals surface area contributed by atoms with E-state index >= 15 is 0 Å². The van der Waals surface area contributed by atoms with Crippen molar-refractivity contribution in [3.8, 4) is 0 Å². The van der Waals surface area contributed by atoms with Gasteiger partial charge in [0, 0.05) is 17.1 Å². The number of amides is 1. The predicted octanol–water partition coefficient (Wildman–Crippen LogP) is 2.59. The number of carbonyl (C=O) groups is 2. The van der Waals surface area contributed by atoms with E-state index in [-0.39, 0.29) is 28.1 Å². The summed E-state index contributed by atoms with van der Waals surface area (Å²) >= 11 is 5.77. The molecule has 6 nitrogen and oxygen atoms in total. The number of esters is 1. The number of halogens is 2. The van der Waals surface area contributed by atoms with Gasteiger partial charge in [-0.3, -0.25) is 4.79 Å². The van der Waals surface area contributed by atoms with Gasteiger partial charge in [-0.05, 0) is 37.5 Å². The third-order valence-electron chi connectivity index (χ3n) is 5.08. The van der Waals surface area contributed by atoms with Crippen LogP contribution in [-0.2, 0) is 19.4 Å². The summed E-state index contributed by atoms with van der Waals surface area (Å²) in [7, 11) is -3.15. The lowest BCUT2D eigenvalue weighted by Crippen LogP contribution is -2.48. The van der Waals surface area contributed by atoms with Gasteiger partial charge in [-0.1, -0.05) is 24.4 Å². The minimum atomic E-state index is -3.15. The molecule has 0 N–H and O–H groups in total. The van der Waals surface area contributed by atoms with E-state index in [4.69, 9.17) is 16.3 Å². The van der Waals surface area contributed by atoms with Gasteiger partial charge in [0.25, 0.3) is 5.91 Å². The van der Waals surface area contributed by atoms with Gasteiger partial charge >= 0.3 is 5.97 Å². The topological polar surface area (TPSA) is 80.8 Å². The number of nitrogens with zero attached hydrogens (tertiary/aromatic N) is 1. The Bertz CT molecular complexity index is 838. The molecule has 148 valence electrons. The maximum atomic E-state index is 13.8. The molecule has 1 aliphatic carbocycles. The second kappa shape index (κ2) is 8.14. The molecular formula is C18H21ClFNO5S. The van der Waals surface area contributed by atoms with E-state index in [2.05, 4.69) is 0 Å². The smallest absolute Gasteiger partial charge is 0.341 e. The van der Waals surface area contributed by atoms with E-state index in [0.717, 1.165) is 37.8 Å². The highest BCUT2D eigenvalue weighted by Crippen LogP contribution is 2.29. The van der Waals surface area contributed by atoms with Gasteiger partial charge in [-0.25, -0.2) is 17.6 Å². The number of carbonyl (C=O) groups excluding carboxylic acids is 2. The normalized spacial score (nSPS) is 21.9. The maximum absolute atomic E-state index is 13.8. The molecule has 1 aromatic rings. The predicted molar refractivity (Wildman–Crippen MR) is 97.9 cm³/mol.